The Labute approximate surface area is 171 Å². The molecule has 0 spiro atoms. The van der Waals surface area contributed by atoms with E-state index in [4.69, 9.17) is 17.0 Å². The van der Waals surface area contributed by atoms with Crippen LogP contribution in [0.2, 0.25) is 0 Å². The molecule has 2 heterocycles. The van der Waals surface area contributed by atoms with Crippen LogP contribution in [-0.4, -0.2) is 38.9 Å². The normalized spacial score (nSPS) is 16.7. The van der Waals surface area contributed by atoms with Crippen molar-refractivity contribution in [2.75, 3.05) is 13.2 Å². The van der Waals surface area contributed by atoms with Crippen molar-refractivity contribution in [1.29, 1.82) is 0 Å². The Hall–Kier alpha value is -2.28. The number of ether oxygens (including phenoxy) is 1. The van der Waals surface area contributed by atoms with Crippen molar-refractivity contribution in [2.45, 2.75) is 39.1 Å². The summed E-state index contributed by atoms with van der Waals surface area (Å²) in [5, 5.41) is 3.38. The third-order valence-corrected chi connectivity index (χ3v) is 5.39. The van der Waals surface area contributed by atoms with E-state index in [1.165, 1.54) is 11.1 Å². The van der Waals surface area contributed by atoms with Crippen LogP contribution in [-0.2, 0) is 18.0 Å². The van der Waals surface area contributed by atoms with Gasteiger partial charge in [0.1, 0.15) is 0 Å². The van der Waals surface area contributed by atoms with Gasteiger partial charge in [0, 0.05) is 25.3 Å². The summed E-state index contributed by atoms with van der Waals surface area (Å²) in [4.78, 5) is 6.94. The molecule has 1 N–H and O–H groups in total. The van der Waals surface area contributed by atoms with Crippen molar-refractivity contribution >= 4 is 12.2 Å². The molecular formula is C22H26N4OS. The van der Waals surface area contributed by atoms with E-state index in [2.05, 4.69) is 70.4 Å². The second kappa shape index (κ2) is 8.82. The van der Waals surface area contributed by atoms with Crippen LogP contribution >= 0.6 is 12.2 Å². The summed E-state index contributed by atoms with van der Waals surface area (Å²) in [5.41, 5.74) is 3.56. The molecule has 4 rings (SSSR count). The molecule has 0 amide bonds. The van der Waals surface area contributed by atoms with Gasteiger partial charge in [-0.05, 0) is 37.5 Å². The lowest BCUT2D eigenvalue weighted by Gasteiger charge is -2.25. The van der Waals surface area contributed by atoms with E-state index < -0.39 is 0 Å². The van der Waals surface area contributed by atoms with Gasteiger partial charge in [-0.3, -0.25) is 10.00 Å². The lowest BCUT2D eigenvalue weighted by molar-refractivity contribution is 0.0568. The highest BCUT2D eigenvalue weighted by molar-refractivity contribution is 7.71. The molecular weight excluding hydrogens is 368 g/mol. The van der Waals surface area contributed by atoms with Gasteiger partial charge < -0.3 is 4.74 Å². The summed E-state index contributed by atoms with van der Waals surface area (Å²) in [7, 11) is 0. The summed E-state index contributed by atoms with van der Waals surface area (Å²) >= 11 is 5.53. The second-order valence-corrected chi connectivity index (χ2v) is 7.79. The maximum absolute atomic E-state index is 5.87. The van der Waals surface area contributed by atoms with Crippen LogP contribution in [0.3, 0.4) is 0 Å². The van der Waals surface area contributed by atoms with Crippen LogP contribution in [0.5, 0.6) is 0 Å². The molecule has 1 fully saturated rings. The van der Waals surface area contributed by atoms with Crippen molar-refractivity contribution in [3.63, 3.8) is 0 Å². The maximum Gasteiger partial charge on any atom is 0.217 e. The highest BCUT2D eigenvalue weighted by Crippen LogP contribution is 2.18. The Morgan fingerprint density at radius 3 is 2.68 bits per heavy atom. The number of hydrogen-bond acceptors (Lipinski definition) is 4. The van der Waals surface area contributed by atoms with E-state index in [1.807, 2.05) is 10.7 Å². The molecule has 6 heteroatoms. The molecule has 1 saturated heterocycles. The summed E-state index contributed by atoms with van der Waals surface area (Å²) in [6.07, 6.45) is 2.55. The van der Waals surface area contributed by atoms with Gasteiger partial charge in [0.15, 0.2) is 5.82 Å². The van der Waals surface area contributed by atoms with E-state index in [0.29, 0.717) is 11.4 Å². The number of aromatic amines is 1. The van der Waals surface area contributed by atoms with Gasteiger partial charge in [-0.2, -0.15) is 4.98 Å². The predicted molar refractivity (Wildman–Crippen MR) is 113 cm³/mol. The summed E-state index contributed by atoms with van der Waals surface area (Å²) in [6.45, 7) is 5.34. The van der Waals surface area contributed by atoms with Gasteiger partial charge >= 0.3 is 0 Å². The Kier molecular flexibility index (Phi) is 6.00. The lowest BCUT2D eigenvalue weighted by Crippen LogP contribution is -2.34. The van der Waals surface area contributed by atoms with Crippen LogP contribution in [0.1, 0.15) is 24.0 Å². The first kappa shape index (κ1) is 19.1. The Bertz CT molecular complexity index is 943. The molecule has 5 nitrogen and oxygen atoms in total. The number of hydrogen-bond donors (Lipinski definition) is 1. The number of nitrogens with zero attached hydrogens (tertiary/aromatic N) is 3. The van der Waals surface area contributed by atoms with E-state index >= 15 is 0 Å². The molecule has 1 atom stereocenters. The van der Waals surface area contributed by atoms with Crippen LogP contribution in [0.25, 0.3) is 11.4 Å². The minimum atomic E-state index is 0.289. The van der Waals surface area contributed by atoms with Crippen LogP contribution in [0.4, 0.5) is 0 Å². The van der Waals surface area contributed by atoms with Crippen molar-refractivity contribution < 1.29 is 4.74 Å². The molecule has 28 heavy (non-hydrogen) atoms. The molecule has 0 aliphatic carbocycles. The van der Waals surface area contributed by atoms with Crippen molar-refractivity contribution in [3.05, 3.63) is 70.5 Å². The molecule has 146 valence electrons. The van der Waals surface area contributed by atoms with Crippen LogP contribution < -0.4 is 0 Å². The van der Waals surface area contributed by atoms with Gasteiger partial charge in [0.05, 0.1) is 12.8 Å². The minimum Gasteiger partial charge on any atom is -0.377 e. The van der Waals surface area contributed by atoms with E-state index in [0.717, 1.165) is 43.9 Å². The molecule has 0 radical (unpaired) electrons. The molecule has 0 saturated carbocycles. The van der Waals surface area contributed by atoms with Crippen molar-refractivity contribution in [2.24, 2.45) is 0 Å². The summed E-state index contributed by atoms with van der Waals surface area (Å²) in [5.74, 6) is 0.807. The Morgan fingerprint density at radius 1 is 1.18 bits per heavy atom. The number of benzene rings is 2. The quantitative estimate of drug-likeness (QED) is 0.597. The number of aromatic nitrogens is 3. The number of nitrogens with one attached hydrogen (secondary N) is 1. The summed E-state index contributed by atoms with van der Waals surface area (Å²) in [6, 6.07) is 18.8. The molecule has 1 aromatic heterocycles. The van der Waals surface area contributed by atoms with E-state index in [1.54, 1.807) is 0 Å². The van der Waals surface area contributed by atoms with Gasteiger partial charge in [0.2, 0.25) is 4.77 Å². The average Bonchev–Trinajstić information content (AvgIpc) is 3.33. The SMILES string of the molecule is Cc1ccc(-c2nc(=S)n(CN(Cc3ccccc3)CC3CCCO3)[nH]2)cc1. The molecule has 1 aliphatic rings. The maximum atomic E-state index is 5.87. The van der Waals surface area contributed by atoms with Gasteiger partial charge in [-0.15, -0.1) is 0 Å². The first-order valence-electron chi connectivity index (χ1n) is 9.79. The highest BCUT2D eigenvalue weighted by Gasteiger charge is 2.20. The standard InChI is InChI=1S/C22H26N4OS/c1-17-9-11-19(12-10-17)21-23-22(28)26(24-21)16-25(15-20-8-5-13-27-20)14-18-6-3-2-4-7-18/h2-4,6-7,9-12,20H,5,8,13-16H2,1H3,(H,23,24,28). The van der Waals surface area contributed by atoms with Gasteiger partial charge in [0.25, 0.3) is 0 Å². The summed E-state index contributed by atoms with van der Waals surface area (Å²) < 4.78 is 8.39. The van der Waals surface area contributed by atoms with Gasteiger partial charge in [-0.25, -0.2) is 4.68 Å². The highest BCUT2D eigenvalue weighted by atomic mass is 32.1. The van der Waals surface area contributed by atoms with Crippen molar-refractivity contribution in [3.8, 4) is 11.4 Å². The monoisotopic (exact) mass is 394 g/mol. The first-order chi connectivity index (χ1) is 13.7. The largest absolute Gasteiger partial charge is 0.377 e. The fraction of sp³-hybridized carbons (Fsp3) is 0.364. The average molecular weight is 395 g/mol. The molecule has 3 aromatic rings. The number of H-pyrrole nitrogens is 1. The van der Waals surface area contributed by atoms with E-state index in [-0.39, 0.29) is 6.10 Å². The molecule has 1 unspecified atom stereocenters. The zero-order valence-electron chi connectivity index (χ0n) is 16.2. The Morgan fingerprint density at radius 2 is 1.96 bits per heavy atom. The van der Waals surface area contributed by atoms with Crippen molar-refractivity contribution in [1.82, 2.24) is 19.7 Å². The third-order valence-electron chi connectivity index (χ3n) is 5.08. The smallest absolute Gasteiger partial charge is 0.217 e. The van der Waals surface area contributed by atoms with E-state index in [9.17, 15) is 0 Å². The zero-order chi connectivity index (χ0) is 19.3. The molecule has 1 aliphatic heterocycles. The molecule has 0 bridgehead atoms. The van der Waals surface area contributed by atoms with Crippen LogP contribution in [0.15, 0.2) is 54.6 Å². The minimum absolute atomic E-state index is 0.289. The lowest BCUT2D eigenvalue weighted by atomic mass is 10.1. The topological polar surface area (TPSA) is 46.1 Å². The fourth-order valence-electron chi connectivity index (χ4n) is 3.58. The number of rotatable bonds is 7. The predicted octanol–water partition coefficient (Wildman–Crippen LogP) is 4.55. The number of aryl methyl sites for hydroxylation is 1. The third kappa shape index (κ3) is 4.76. The molecule has 2 aromatic carbocycles. The first-order valence-corrected chi connectivity index (χ1v) is 10.2. The second-order valence-electron chi connectivity index (χ2n) is 7.42. The Balaban J connectivity index is 1.53. The van der Waals surface area contributed by atoms with Crippen LogP contribution in [0, 0.1) is 11.7 Å². The van der Waals surface area contributed by atoms with Gasteiger partial charge in [-0.1, -0.05) is 60.2 Å². The zero-order valence-corrected chi connectivity index (χ0v) is 17.0. The fourth-order valence-corrected chi connectivity index (χ4v) is 3.78.